The number of hydrogen-bond donors (Lipinski definition) is 2. The van der Waals surface area contributed by atoms with Gasteiger partial charge in [0.25, 0.3) is 11.8 Å². The van der Waals surface area contributed by atoms with Crippen LogP contribution in [-0.2, 0) is 4.74 Å². The van der Waals surface area contributed by atoms with E-state index in [9.17, 15) is 14.4 Å². The second kappa shape index (κ2) is 10.2. The average molecular weight is 493 g/mol. The number of amides is 2. The topological polar surface area (TPSA) is 95.9 Å². The van der Waals surface area contributed by atoms with Crippen LogP contribution < -0.4 is 10.2 Å². The summed E-state index contributed by atoms with van der Waals surface area (Å²) >= 11 is 6.17. The Balaban J connectivity index is 1.60. The van der Waals surface area contributed by atoms with Crippen molar-refractivity contribution in [2.45, 2.75) is 32.8 Å². The maximum absolute atomic E-state index is 13.6. The molecule has 1 unspecified atom stereocenters. The number of carboxylic acid groups (broad SMARTS) is 1. The number of aryl methyl sites for hydroxylation is 2. The maximum atomic E-state index is 13.6. The maximum Gasteiger partial charge on any atom is 0.506 e. The summed E-state index contributed by atoms with van der Waals surface area (Å²) in [6.07, 6.45) is -1.09. The van der Waals surface area contributed by atoms with E-state index in [-0.39, 0.29) is 11.8 Å². The number of carbonyl (C=O) groups is 3. The molecule has 0 radical (unpaired) electrons. The molecule has 2 amide bonds. The molecule has 1 aliphatic rings. The van der Waals surface area contributed by atoms with Gasteiger partial charge >= 0.3 is 6.16 Å². The van der Waals surface area contributed by atoms with E-state index < -0.39 is 12.3 Å². The molecule has 0 saturated heterocycles. The summed E-state index contributed by atoms with van der Waals surface area (Å²) < 4.78 is 5.09. The number of fused-ring (bicyclic) bond motifs is 1. The molecule has 180 valence electrons. The van der Waals surface area contributed by atoms with Gasteiger partial charge in [-0.25, -0.2) is 4.79 Å². The molecule has 35 heavy (non-hydrogen) atoms. The number of nitrogens with zero attached hydrogens (tertiary/aromatic N) is 1. The molecule has 0 saturated carbocycles. The Morgan fingerprint density at radius 1 is 1.00 bits per heavy atom. The van der Waals surface area contributed by atoms with Crippen molar-refractivity contribution in [2.75, 3.05) is 16.8 Å². The van der Waals surface area contributed by atoms with Crippen molar-refractivity contribution in [1.29, 1.82) is 0 Å². The van der Waals surface area contributed by atoms with E-state index in [1.165, 1.54) is 0 Å². The van der Waals surface area contributed by atoms with Crippen LogP contribution in [0.4, 0.5) is 16.2 Å². The van der Waals surface area contributed by atoms with Crippen LogP contribution >= 0.6 is 11.6 Å². The van der Waals surface area contributed by atoms with Crippen molar-refractivity contribution < 1.29 is 24.2 Å². The Hall–Kier alpha value is -3.84. The van der Waals surface area contributed by atoms with Crippen LogP contribution in [0.2, 0.25) is 5.02 Å². The highest BCUT2D eigenvalue weighted by Gasteiger charge is 2.30. The van der Waals surface area contributed by atoms with E-state index in [0.717, 1.165) is 5.56 Å². The molecule has 1 heterocycles. The van der Waals surface area contributed by atoms with Crippen molar-refractivity contribution in [3.05, 3.63) is 93.5 Å². The zero-order valence-electron chi connectivity index (χ0n) is 19.4. The highest BCUT2D eigenvalue weighted by atomic mass is 35.5. The normalized spacial score (nSPS) is 15.1. The minimum absolute atomic E-state index is 0.218. The highest BCUT2D eigenvalue weighted by molar-refractivity contribution is 6.30. The second-order valence-electron chi connectivity index (χ2n) is 8.47. The smallest absolute Gasteiger partial charge is 0.450 e. The molecule has 1 atom stereocenters. The fraction of sp³-hybridized carbons (Fsp3) is 0.222. The van der Waals surface area contributed by atoms with Gasteiger partial charge in [0, 0.05) is 33.9 Å². The van der Waals surface area contributed by atoms with Gasteiger partial charge in [0.05, 0.1) is 5.69 Å². The first-order valence-electron chi connectivity index (χ1n) is 11.2. The summed E-state index contributed by atoms with van der Waals surface area (Å²) in [6, 6.07) is 17.5. The number of benzene rings is 3. The van der Waals surface area contributed by atoms with Crippen LogP contribution in [0.3, 0.4) is 0 Å². The van der Waals surface area contributed by atoms with Crippen LogP contribution in [0.5, 0.6) is 0 Å². The number of anilines is 2. The van der Waals surface area contributed by atoms with Gasteiger partial charge in [-0.3, -0.25) is 9.59 Å². The van der Waals surface area contributed by atoms with Crippen molar-refractivity contribution >= 4 is 40.9 Å². The van der Waals surface area contributed by atoms with Crippen LogP contribution in [0.15, 0.2) is 60.7 Å². The Labute approximate surface area is 208 Å². The molecule has 3 aromatic carbocycles. The first-order chi connectivity index (χ1) is 16.7. The Bertz CT molecular complexity index is 1310. The summed E-state index contributed by atoms with van der Waals surface area (Å²) in [6.45, 7) is 4.09. The molecule has 0 aliphatic carbocycles. The quantitative estimate of drug-likeness (QED) is 0.411. The lowest BCUT2D eigenvalue weighted by Crippen LogP contribution is -2.32. The number of halogens is 1. The SMILES string of the molecule is Cc1ccccc1C(=O)Nc1ccc(C(=O)N2CCCC(OC(=O)O)c3cc(Cl)ccc32)c(C)c1. The third kappa shape index (κ3) is 5.30. The third-order valence-electron chi connectivity index (χ3n) is 6.07. The molecule has 1 aliphatic heterocycles. The van der Waals surface area contributed by atoms with Crippen molar-refractivity contribution in [1.82, 2.24) is 0 Å². The van der Waals surface area contributed by atoms with Crippen LogP contribution in [-0.4, -0.2) is 29.6 Å². The van der Waals surface area contributed by atoms with Crippen molar-refractivity contribution in [3.63, 3.8) is 0 Å². The van der Waals surface area contributed by atoms with Crippen molar-refractivity contribution in [2.24, 2.45) is 0 Å². The monoisotopic (exact) mass is 492 g/mol. The molecule has 0 spiro atoms. The van der Waals surface area contributed by atoms with E-state index in [0.29, 0.717) is 58.0 Å². The standard InChI is InChI=1S/C27H25ClN2O5/c1-16-6-3-4-7-20(16)25(31)29-19-10-11-21(17(2)14-19)26(32)30-13-5-8-24(35-27(33)34)22-15-18(28)9-12-23(22)30/h3-4,6-7,9-12,14-15,24H,5,8,13H2,1-2H3,(H,29,31)(H,33,34). The molecular formula is C27H25ClN2O5. The van der Waals surface area contributed by atoms with Crippen LogP contribution in [0, 0.1) is 13.8 Å². The summed E-state index contributed by atoms with van der Waals surface area (Å²) in [5.74, 6) is -0.441. The van der Waals surface area contributed by atoms with Gasteiger partial charge in [-0.05, 0) is 80.3 Å². The Morgan fingerprint density at radius 3 is 2.49 bits per heavy atom. The molecule has 2 N–H and O–H groups in total. The number of carbonyl (C=O) groups excluding carboxylic acids is 2. The zero-order chi connectivity index (χ0) is 25.1. The fourth-order valence-electron chi connectivity index (χ4n) is 4.35. The minimum Gasteiger partial charge on any atom is -0.450 e. The number of rotatable bonds is 4. The fourth-order valence-corrected chi connectivity index (χ4v) is 4.53. The molecule has 4 rings (SSSR count). The summed E-state index contributed by atoms with van der Waals surface area (Å²) in [4.78, 5) is 39.1. The Morgan fingerprint density at radius 2 is 1.77 bits per heavy atom. The van der Waals surface area contributed by atoms with Crippen LogP contribution in [0.1, 0.15) is 56.4 Å². The number of nitrogens with one attached hydrogen (secondary N) is 1. The minimum atomic E-state index is -1.38. The molecule has 0 aromatic heterocycles. The highest BCUT2D eigenvalue weighted by Crippen LogP contribution is 2.38. The van der Waals surface area contributed by atoms with Gasteiger partial charge in [-0.2, -0.15) is 0 Å². The van der Waals surface area contributed by atoms with E-state index in [1.54, 1.807) is 47.4 Å². The largest absolute Gasteiger partial charge is 0.506 e. The van der Waals surface area contributed by atoms with E-state index >= 15 is 0 Å². The first-order valence-corrected chi connectivity index (χ1v) is 11.6. The van der Waals surface area contributed by atoms with Crippen molar-refractivity contribution in [3.8, 4) is 0 Å². The van der Waals surface area contributed by atoms with Gasteiger partial charge in [-0.15, -0.1) is 0 Å². The predicted molar refractivity (Wildman–Crippen MR) is 135 cm³/mol. The number of ether oxygens (including phenoxy) is 1. The second-order valence-corrected chi connectivity index (χ2v) is 8.91. The lowest BCUT2D eigenvalue weighted by Gasteiger charge is -2.25. The zero-order valence-corrected chi connectivity index (χ0v) is 20.1. The van der Waals surface area contributed by atoms with Gasteiger partial charge in [0.1, 0.15) is 6.10 Å². The van der Waals surface area contributed by atoms with E-state index in [4.69, 9.17) is 21.4 Å². The lowest BCUT2D eigenvalue weighted by molar-refractivity contribution is 0.0480. The molecular weight excluding hydrogens is 468 g/mol. The lowest BCUT2D eigenvalue weighted by atomic mass is 10.0. The van der Waals surface area contributed by atoms with Gasteiger partial charge in [0.2, 0.25) is 0 Å². The van der Waals surface area contributed by atoms with E-state index in [2.05, 4.69) is 5.32 Å². The first kappa shape index (κ1) is 24.3. The summed E-state index contributed by atoms with van der Waals surface area (Å²) in [5, 5.41) is 12.5. The predicted octanol–water partition coefficient (Wildman–Crippen LogP) is 6.39. The molecule has 8 heteroatoms. The molecule has 0 fully saturated rings. The van der Waals surface area contributed by atoms with Gasteiger partial charge in [-0.1, -0.05) is 29.8 Å². The summed E-state index contributed by atoms with van der Waals surface area (Å²) in [7, 11) is 0. The van der Waals surface area contributed by atoms with Gasteiger partial charge < -0.3 is 20.1 Å². The van der Waals surface area contributed by atoms with Gasteiger partial charge in [0.15, 0.2) is 0 Å². The molecule has 0 bridgehead atoms. The third-order valence-corrected chi connectivity index (χ3v) is 6.30. The number of hydrogen-bond acceptors (Lipinski definition) is 4. The Kier molecular flexibility index (Phi) is 7.07. The van der Waals surface area contributed by atoms with Crippen LogP contribution in [0.25, 0.3) is 0 Å². The van der Waals surface area contributed by atoms with E-state index in [1.807, 2.05) is 32.0 Å². The molecule has 7 nitrogen and oxygen atoms in total. The average Bonchev–Trinajstić information content (AvgIpc) is 2.98. The summed E-state index contributed by atoms with van der Waals surface area (Å²) in [5.41, 5.74) is 4.37. The molecule has 3 aromatic rings.